The molecule has 1 N–H and O–H groups in total. The van der Waals surface area contributed by atoms with Crippen LogP contribution in [0.5, 0.6) is 0 Å². The zero-order chi connectivity index (χ0) is 26.1. The summed E-state index contributed by atoms with van der Waals surface area (Å²) in [4.78, 5) is 27.5. The third kappa shape index (κ3) is 4.14. The molecular weight excluding hydrogens is 463 g/mol. The Kier molecular flexibility index (Phi) is 5.34. The van der Waals surface area contributed by atoms with E-state index in [-0.39, 0.29) is 34.1 Å². The van der Waals surface area contributed by atoms with Crippen LogP contribution in [0.4, 0.5) is 4.39 Å². The molecule has 2 heterocycles. The van der Waals surface area contributed by atoms with Crippen LogP contribution in [-0.2, 0) is 16.1 Å². The Bertz CT molecular complexity index is 1470. The number of aromatic nitrogens is 1. The summed E-state index contributed by atoms with van der Waals surface area (Å²) >= 11 is 0. The number of carbonyl (C=O) groups is 2. The molecule has 0 radical (unpaired) electrons. The third-order valence-corrected chi connectivity index (χ3v) is 8.12. The van der Waals surface area contributed by atoms with Crippen molar-refractivity contribution in [1.29, 1.82) is 0 Å². The zero-order valence-electron chi connectivity index (χ0n) is 22.0. The molecule has 190 valence electrons. The van der Waals surface area contributed by atoms with Crippen LogP contribution in [0.15, 0.2) is 77.3 Å². The molecule has 0 amide bonds. The van der Waals surface area contributed by atoms with Crippen molar-refractivity contribution >= 4 is 22.5 Å². The van der Waals surface area contributed by atoms with E-state index in [4.69, 9.17) is 0 Å². The number of halogens is 1. The molecule has 37 heavy (non-hydrogen) atoms. The van der Waals surface area contributed by atoms with E-state index in [1.54, 1.807) is 12.1 Å². The van der Waals surface area contributed by atoms with Gasteiger partial charge in [0.05, 0.1) is 0 Å². The molecule has 0 bridgehead atoms. The maximum Gasteiger partial charge on any atom is 0.162 e. The summed E-state index contributed by atoms with van der Waals surface area (Å²) in [7, 11) is 0. The summed E-state index contributed by atoms with van der Waals surface area (Å²) in [5, 5.41) is 4.65. The van der Waals surface area contributed by atoms with E-state index in [9.17, 15) is 14.0 Å². The van der Waals surface area contributed by atoms with Crippen LogP contribution in [0.3, 0.4) is 0 Å². The molecule has 5 heteroatoms. The molecule has 3 aliphatic rings. The largest absolute Gasteiger partial charge is 0.362 e. The lowest BCUT2D eigenvalue weighted by Crippen LogP contribution is -2.42. The van der Waals surface area contributed by atoms with Crippen LogP contribution >= 0.6 is 0 Å². The van der Waals surface area contributed by atoms with Crippen molar-refractivity contribution in [3.05, 3.63) is 94.2 Å². The van der Waals surface area contributed by atoms with Crippen molar-refractivity contribution in [3.8, 4) is 0 Å². The van der Waals surface area contributed by atoms with Gasteiger partial charge in [-0.3, -0.25) is 9.59 Å². The Labute approximate surface area is 217 Å². The second-order valence-corrected chi connectivity index (χ2v) is 12.6. The standard InChI is InChI=1S/C32H33FN2O2/c1-31(2)13-23-29(26(36)15-31)28(30-24(34-23)14-32(3,4)16-27(30)37)22-18-35(25-8-6-5-7-21(22)25)17-19-9-11-20(33)12-10-19/h5-12,18,28,34H,13-17H2,1-4H3. The summed E-state index contributed by atoms with van der Waals surface area (Å²) < 4.78 is 15.7. The van der Waals surface area contributed by atoms with E-state index >= 15 is 0 Å². The summed E-state index contributed by atoms with van der Waals surface area (Å²) in [6, 6.07) is 14.7. The molecule has 2 aliphatic carbocycles. The third-order valence-electron chi connectivity index (χ3n) is 8.12. The maximum absolute atomic E-state index is 13.7. The number of para-hydroxylation sites is 1. The molecule has 1 aliphatic heterocycles. The first kappa shape index (κ1) is 23.9. The summed E-state index contributed by atoms with van der Waals surface area (Å²) in [5.41, 5.74) is 6.25. The van der Waals surface area contributed by atoms with Crippen molar-refractivity contribution in [2.75, 3.05) is 0 Å². The minimum absolute atomic E-state index is 0.128. The maximum atomic E-state index is 13.7. The van der Waals surface area contributed by atoms with Crippen molar-refractivity contribution < 1.29 is 14.0 Å². The minimum Gasteiger partial charge on any atom is -0.362 e. The second-order valence-electron chi connectivity index (χ2n) is 12.6. The minimum atomic E-state index is -0.377. The van der Waals surface area contributed by atoms with E-state index in [2.05, 4.69) is 55.9 Å². The smallest absolute Gasteiger partial charge is 0.162 e. The fraction of sp³-hybridized carbons (Fsp3) is 0.375. The van der Waals surface area contributed by atoms with Crippen LogP contribution < -0.4 is 5.32 Å². The lowest BCUT2D eigenvalue weighted by atomic mass is 9.64. The van der Waals surface area contributed by atoms with Gasteiger partial charge in [0, 0.05) is 64.9 Å². The molecule has 0 spiro atoms. The number of carbonyl (C=O) groups excluding carboxylic acids is 2. The predicted octanol–water partition coefficient (Wildman–Crippen LogP) is 6.80. The number of dihydropyridines is 1. The number of benzene rings is 2. The lowest BCUT2D eigenvalue weighted by molar-refractivity contribution is -0.119. The molecule has 3 aromatic rings. The average molecular weight is 497 g/mol. The molecule has 0 atom stereocenters. The van der Waals surface area contributed by atoms with E-state index in [1.807, 2.05) is 12.1 Å². The van der Waals surface area contributed by atoms with Gasteiger partial charge in [-0.25, -0.2) is 4.39 Å². The first-order chi connectivity index (χ1) is 17.5. The van der Waals surface area contributed by atoms with Gasteiger partial charge in [-0.2, -0.15) is 0 Å². The highest BCUT2D eigenvalue weighted by atomic mass is 19.1. The fourth-order valence-electron chi connectivity index (χ4n) is 6.62. The quantitative estimate of drug-likeness (QED) is 0.434. The van der Waals surface area contributed by atoms with Crippen LogP contribution in [0, 0.1) is 16.6 Å². The summed E-state index contributed by atoms with van der Waals surface area (Å²) in [5.74, 6) is -0.377. The molecule has 0 saturated carbocycles. The van der Waals surface area contributed by atoms with Gasteiger partial charge in [-0.1, -0.05) is 58.0 Å². The van der Waals surface area contributed by atoms with E-state index in [1.165, 1.54) is 12.1 Å². The number of allylic oxidation sites excluding steroid dienone is 4. The van der Waals surface area contributed by atoms with E-state index in [0.29, 0.717) is 19.4 Å². The van der Waals surface area contributed by atoms with Crippen molar-refractivity contribution in [1.82, 2.24) is 9.88 Å². The van der Waals surface area contributed by atoms with Crippen molar-refractivity contribution in [3.63, 3.8) is 0 Å². The number of ketones is 2. The van der Waals surface area contributed by atoms with Gasteiger partial charge in [-0.15, -0.1) is 0 Å². The lowest BCUT2D eigenvalue weighted by Gasteiger charge is -2.43. The van der Waals surface area contributed by atoms with Gasteiger partial charge >= 0.3 is 0 Å². The number of rotatable bonds is 3. The molecule has 0 saturated heterocycles. The Balaban J connectivity index is 1.56. The number of hydrogen-bond donors (Lipinski definition) is 1. The molecular formula is C32H33FN2O2. The second kappa shape index (κ2) is 8.27. The van der Waals surface area contributed by atoms with Gasteiger partial charge in [0.15, 0.2) is 11.6 Å². The highest BCUT2D eigenvalue weighted by Crippen LogP contribution is 2.52. The van der Waals surface area contributed by atoms with Crippen LogP contribution in [-0.4, -0.2) is 16.1 Å². The topological polar surface area (TPSA) is 51.1 Å². The van der Waals surface area contributed by atoms with Crippen LogP contribution in [0.2, 0.25) is 0 Å². The Hall–Kier alpha value is -3.47. The van der Waals surface area contributed by atoms with E-state index in [0.717, 1.165) is 57.4 Å². The van der Waals surface area contributed by atoms with Gasteiger partial charge in [-0.05, 0) is 53.0 Å². The summed E-state index contributed by atoms with van der Waals surface area (Å²) in [6.45, 7) is 9.13. The van der Waals surface area contributed by atoms with Gasteiger partial charge in [0.2, 0.25) is 0 Å². The first-order valence-corrected chi connectivity index (χ1v) is 13.1. The first-order valence-electron chi connectivity index (χ1n) is 13.1. The number of nitrogens with zero attached hydrogens (tertiary/aromatic N) is 1. The van der Waals surface area contributed by atoms with E-state index < -0.39 is 0 Å². The Morgan fingerprint density at radius 3 is 2.00 bits per heavy atom. The normalized spacial score (nSPS) is 21.2. The van der Waals surface area contributed by atoms with Gasteiger partial charge in [0.1, 0.15) is 5.82 Å². The molecule has 1 aromatic heterocycles. The Morgan fingerprint density at radius 1 is 0.838 bits per heavy atom. The van der Waals surface area contributed by atoms with Crippen LogP contribution in [0.1, 0.15) is 70.4 Å². The zero-order valence-corrected chi connectivity index (χ0v) is 22.0. The number of hydrogen-bond acceptors (Lipinski definition) is 3. The van der Waals surface area contributed by atoms with Gasteiger partial charge < -0.3 is 9.88 Å². The van der Waals surface area contributed by atoms with Crippen molar-refractivity contribution in [2.45, 2.75) is 65.8 Å². The van der Waals surface area contributed by atoms with Gasteiger partial charge in [0.25, 0.3) is 0 Å². The van der Waals surface area contributed by atoms with Crippen molar-refractivity contribution in [2.24, 2.45) is 10.8 Å². The molecule has 6 rings (SSSR count). The predicted molar refractivity (Wildman–Crippen MR) is 143 cm³/mol. The molecule has 0 fully saturated rings. The summed E-state index contributed by atoms with van der Waals surface area (Å²) in [6.07, 6.45) is 4.62. The Morgan fingerprint density at radius 2 is 1.41 bits per heavy atom. The highest BCUT2D eigenvalue weighted by Gasteiger charge is 2.47. The highest BCUT2D eigenvalue weighted by molar-refractivity contribution is 6.08. The molecule has 2 aromatic carbocycles. The average Bonchev–Trinajstić information content (AvgIpc) is 3.15. The SMILES string of the molecule is CC1(C)CC(=O)C2=C(C1)NC1=C(C(=O)CC(C)(C)C1)C2c1cn(Cc2ccc(F)cc2)c2ccccc12. The number of Topliss-reactive ketones (excluding diaryl/α,β-unsaturated/α-hetero) is 2. The molecule has 4 nitrogen and oxygen atoms in total. The monoisotopic (exact) mass is 496 g/mol. The fourth-order valence-corrected chi connectivity index (χ4v) is 6.62. The van der Waals surface area contributed by atoms with Crippen LogP contribution in [0.25, 0.3) is 10.9 Å². The number of nitrogens with one attached hydrogen (secondary N) is 1. The number of fused-ring (bicyclic) bond motifs is 1. The molecule has 0 unspecified atom stereocenters.